The fraction of sp³-hybridized carbons (Fsp3) is 0.240. The summed E-state index contributed by atoms with van der Waals surface area (Å²) in [6.07, 6.45) is 5.64. The number of halogens is 1. The van der Waals surface area contributed by atoms with E-state index in [2.05, 4.69) is 21.9 Å². The molecule has 4 aromatic rings. The number of aromatic hydroxyl groups is 1. The summed E-state index contributed by atoms with van der Waals surface area (Å²) in [6, 6.07) is 8.53. The van der Waals surface area contributed by atoms with Gasteiger partial charge in [-0.1, -0.05) is 30.7 Å². The first kappa shape index (κ1) is 23.5. The van der Waals surface area contributed by atoms with E-state index in [1.165, 1.54) is 11.8 Å². The minimum atomic E-state index is -0.827. The third-order valence-electron chi connectivity index (χ3n) is 5.85. The van der Waals surface area contributed by atoms with E-state index in [1.54, 1.807) is 42.9 Å². The van der Waals surface area contributed by atoms with Crippen molar-refractivity contribution in [3.8, 4) is 5.75 Å². The van der Waals surface area contributed by atoms with Gasteiger partial charge in [-0.15, -0.1) is 0 Å². The van der Waals surface area contributed by atoms with Gasteiger partial charge in [0.15, 0.2) is 10.8 Å². The Morgan fingerprint density at radius 2 is 1.97 bits per heavy atom. The van der Waals surface area contributed by atoms with E-state index in [1.807, 2.05) is 18.0 Å². The first-order valence-electron chi connectivity index (χ1n) is 11.1. The third kappa shape index (κ3) is 4.80. The Morgan fingerprint density at radius 1 is 1.14 bits per heavy atom. The number of likely N-dealkylation sites (N-methyl/N-ethyl adjacent to an activating group) is 1. The number of phenolic OH excluding ortho intramolecular Hbond substituents is 1. The zero-order chi connectivity index (χ0) is 24.5. The second-order valence-electron chi connectivity index (χ2n) is 8.26. The molecule has 0 spiro atoms. The van der Waals surface area contributed by atoms with Crippen LogP contribution in [0.25, 0.3) is 16.2 Å². The van der Waals surface area contributed by atoms with Gasteiger partial charge in [0, 0.05) is 43.5 Å². The Kier molecular flexibility index (Phi) is 6.55. The van der Waals surface area contributed by atoms with Gasteiger partial charge in [-0.25, -0.2) is 19.9 Å². The Hall–Kier alpha value is -3.27. The lowest BCUT2D eigenvalue weighted by molar-refractivity contribution is 0.184. The monoisotopic (exact) mass is 506 g/mol. The van der Waals surface area contributed by atoms with Crippen molar-refractivity contribution in [1.82, 2.24) is 24.9 Å². The summed E-state index contributed by atoms with van der Waals surface area (Å²) in [5, 5.41) is 21.9. The average Bonchev–Trinajstić information content (AvgIpc) is 3.18. The van der Waals surface area contributed by atoms with E-state index in [0.717, 1.165) is 28.1 Å². The second kappa shape index (κ2) is 9.77. The Labute approximate surface area is 211 Å². The van der Waals surface area contributed by atoms with Crippen LogP contribution in [0.3, 0.4) is 0 Å². The van der Waals surface area contributed by atoms with Gasteiger partial charge in [0.2, 0.25) is 0 Å². The zero-order valence-electron chi connectivity index (χ0n) is 19.2. The van der Waals surface area contributed by atoms with Crippen molar-refractivity contribution in [3.63, 3.8) is 0 Å². The number of phenols is 1. The Morgan fingerprint density at radius 3 is 2.77 bits per heavy atom. The number of hydrogen-bond acceptors (Lipinski definition) is 9. The molecular formula is C25H23ClN6O2S. The molecule has 0 bridgehead atoms. The van der Waals surface area contributed by atoms with Gasteiger partial charge in [-0.3, -0.25) is 4.98 Å². The SMILES string of the molecule is CCC1=C(Cl)c2c(nc(Sc3cnc4nccnc4c3)nc2N(C)C[C@@H](O)c2cccc(O)c2)C1. The highest BCUT2D eigenvalue weighted by Crippen LogP contribution is 2.42. The van der Waals surface area contributed by atoms with Gasteiger partial charge in [0.25, 0.3) is 0 Å². The predicted molar refractivity (Wildman–Crippen MR) is 137 cm³/mol. The molecule has 8 nitrogen and oxygen atoms in total. The van der Waals surface area contributed by atoms with Crippen LogP contribution in [0.4, 0.5) is 5.82 Å². The molecular weight excluding hydrogens is 484 g/mol. The molecule has 1 aliphatic rings. The minimum absolute atomic E-state index is 0.109. The summed E-state index contributed by atoms with van der Waals surface area (Å²) in [4.78, 5) is 25.3. The van der Waals surface area contributed by atoms with Crippen LogP contribution in [-0.2, 0) is 6.42 Å². The summed E-state index contributed by atoms with van der Waals surface area (Å²) in [5.41, 5.74) is 4.69. The molecule has 0 radical (unpaired) electrons. The maximum absolute atomic E-state index is 10.8. The normalized spacial score (nSPS) is 13.8. The molecule has 178 valence electrons. The highest BCUT2D eigenvalue weighted by Gasteiger charge is 2.28. The van der Waals surface area contributed by atoms with Crippen LogP contribution in [0.2, 0.25) is 0 Å². The van der Waals surface area contributed by atoms with Crippen molar-refractivity contribution in [2.24, 2.45) is 0 Å². The maximum atomic E-state index is 10.8. The molecule has 35 heavy (non-hydrogen) atoms. The molecule has 3 heterocycles. The molecule has 0 aliphatic heterocycles. The van der Waals surface area contributed by atoms with E-state index in [9.17, 15) is 10.2 Å². The molecule has 5 rings (SSSR count). The maximum Gasteiger partial charge on any atom is 0.194 e. The summed E-state index contributed by atoms with van der Waals surface area (Å²) >= 11 is 8.15. The summed E-state index contributed by atoms with van der Waals surface area (Å²) in [5.74, 6) is 0.761. The number of nitrogens with zero attached hydrogens (tertiary/aromatic N) is 6. The molecule has 0 amide bonds. The van der Waals surface area contributed by atoms with E-state index in [-0.39, 0.29) is 12.3 Å². The van der Waals surface area contributed by atoms with E-state index >= 15 is 0 Å². The lowest BCUT2D eigenvalue weighted by Crippen LogP contribution is -2.26. The van der Waals surface area contributed by atoms with Crippen molar-refractivity contribution in [2.45, 2.75) is 35.9 Å². The highest BCUT2D eigenvalue weighted by atomic mass is 35.5. The van der Waals surface area contributed by atoms with Crippen molar-refractivity contribution < 1.29 is 10.2 Å². The first-order chi connectivity index (χ1) is 16.9. The number of anilines is 1. The van der Waals surface area contributed by atoms with Crippen LogP contribution >= 0.6 is 23.4 Å². The number of benzene rings is 1. The van der Waals surface area contributed by atoms with Crippen molar-refractivity contribution in [3.05, 3.63) is 71.3 Å². The van der Waals surface area contributed by atoms with Crippen molar-refractivity contribution >= 4 is 45.4 Å². The molecule has 10 heteroatoms. The summed E-state index contributed by atoms with van der Waals surface area (Å²) in [6.45, 7) is 2.33. The minimum Gasteiger partial charge on any atom is -0.508 e. The third-order valence-corrected chi connectivity index (χ3v) is 7.13. The molecule has 1 atom stereocenters. The van der Waals surface area contributed by atoms with Gasteiger partial charge in [-0.2, -0.15) is 0 Å². The fourth-order valence-corrected chi connectivity index (χ4v) is 5.24. The number of allylic oxidation sites excluding steroid dienone is 1. The molecule has 0 fully saturated rings. The van der Waals surface area contributed by atoms with Gasteiger partial charge >= 0.3 is 0 Å². The summed E-state index contributed by atoms with van der Waals surface area (Å²) in [7, 11) is 1.87. The number of aromatic nitrogens is 5. The van der Waals surface area contributed by atoms with Crippen LogP contribution in [0.1, 0.15) is 36.3 Å². The topological polar surface area (TPSA) is 108 Å². The van der Waals surface area contributed by atoms with Crippen molar-refractivity contribution in [1.29, 1.82) is 0 Å². The number of pyridine rings is 1. The molecule has 0 saturated heterocycles. The second-order valence-corrected chi connectivity index (χ2v) is 9.68. The number of aliphatic hydroxyl groups excluding tert-OH is 1. The highest BCUT2D eigenvalue weighted by molar-refractivity contribution is 7.99. The van der Waals surface area contributed by atoms with Gasteiger partial charge in [-0.05, 0) is 47.5 Å². The van der Waals surface area contributed by atoms with Crippen LogP contribution in [0, 0.1) is 0 Å². The lowest BCUT2D eigenvalue weighted by atomic mass is 10.1. The van der Waals surface area contributed by atoms with E-state index < -0.39 is 6.10 Å². The van der Waals surface area contributed by atoms with E-state index in [0.29, 0.717) is 39.2 Å². The molecule has 1 aromatic carbocycles. The molecule has 0 saturated carbocycles. The van der Waals surface area contributed by atoms with Crippen molar-refractivity contribution in [2.75, 3.05) is 18.5 Å². The number of rotatable bonds is 7. The number of hydrogen-bond donors (Lipinski definition) is 2. The van der Waals surface area contributed by atoms with Crippen LogP contribution in [-0.4, -0.2) is 48.7 Å². The summed E-state index contributed by atoms with van der Waals surface area (Å²) < 4.78 is 0. The van der Waals surface area contributed by atoms with Crippen LogP contribution in [0.5, 0.6) is 5.75 Å². The zero-order valence-corrected chi connectivity index (χ0v) is 20.8. The van der Waals surface area contributed by atoms with Gasteiger partial charge in [0.1, 0.15) is 17.1 Å². The first-order valence-corrected chi connectivity index (χ1v) is 12.3. The fourth-order valence-electron chi connectivity index (χ4n) is 4.07. The number of fused-ring (bicyclic) bond motifs is 2. The standard InChI is InChI=1S/C25H23ClN6O2S/c1-3-14-10-18-21(22(14)26)24(32(2)13-20(34)15-5-4-6-16(33)9-15)31-25(30-18)35-17-11-19-23(29-12-17)28-8-7-27-19/h4-9,11-12,20,33-34H,3,10,13H2,1-2H3/t20-/m1/s1. The molecule has 1 aliphatic carbocycles. The van der Waals surface area contributed by atoms with Gasteiger partial charge in [0.05, 0.1) is 22.4 Å². The largest absolute Gasteiger partial charge is 0.508 e. The number of aliphatic hydroxyl groups is 1. The Bertz CT molecular complexity index is 1450. The Balaban J connectivity index is 1.49. The van der Waals surface area contributed by atoms with Crippen LogP contribution in [0.15, 0.2) is 64.5 Å². The van der Waals surface area contributed by atoms with Gasteiger partial charge < -0.3 is 15.1 Å². The lowest BCUT2D eigenvalue weighted by Gasteiger charge is -2.24. The molecule has 2 N–H and O–H groups in total. The quantitative estimate of drug-likeness (QED) is 0.343. The van der Waals surface area contributed by atoms with E-state index in [4.69, 9.17) is 21.6 Å². The van der Waals surface area contributed by atoms with Crippen LogP contribution < -0.4 is 4.90 Å². The molecule has 0 unspecified atom stereocenters. The average molecular weight is 507 g/mol. The molecule has 3 aromatic heterocycles. The smallest absolute Gasteiger partial charge is 0.194 e. The predicted octanol–water partition coefficient (Wildman–Crippen LogP) is 4.76.